The smallest absolute Gasteiger partial charge is 0.222 e. The van der Waals surface area contributed by atoms with Gasteiger partial charge in [-0.1, -0.05) is 0 Å². The van der Waals surface area contributed by atoms with E-state index in [0.29, 0.717) is 25.3 Å². The number of rotatable bonds is 9. The highest BCUT2D eigenvalue weighted by Gasteiger charge is 2.14. The van der Waals surface area contributed by atoms with Gasteiger partial charge in [-0.25, -0.2) is 0 Å². The lowest BCUT2D eigenvalue weighted by Gasteiger charge is -2.22. The summed E-state index contributed by atoms with van der Waals surface area (Å²) in [5.41, 5.74) is 0. The van der Waals surface area contributed by atoms with Crippen molar-refractivity contribution in [3.63, 3.8) is 0 Å². The number of hydrogen-bond donors (Lipinski definition) is 2. The van der Waals surface area contributed by atoms with E-state index in [1.807, 2.05) is 18.7 Å². The van der Waals surface area contributed by atoms with Gasteiger partial charge in [0.25, 0.3) is 0 Å². The van der Waals surface area contributed by atoms with Crippen LogP contribution in [0.1, 0.15) is 52.4 Å². The van der Waals surface area contributed by atoms with Crippen LogP contribution in [0.5, 0.6) is 0 Å². The highest BCUT2D eigenvalue weighted by Crippen LogP contribution is 2.17. The topological polar surface area (TPSA) is 61.4 Å². The van der Waals surface area contributed by atoms with Gasteiger partial charge in [0.1, 0.15) is 0 Å². The van der Waals surface area contributed by atoms with Gasteiger partial charge in [-0.3, -0.25) is 9.59 Å². The van der Waals surface area contributed by atoms with Gasteiger partial charge < -0.3 is 15.5 Å². The number of nitrogens with zero attached hydrogens (tertiary/aromatic N) is 1. The zero-order valence-electron chi connectivity index (χ0n) is 13.6. The Labute approximate surface area is 128 Å². The van der Waals surface area contributed by atoms with Crippen LogP contribution in [0.15, 0.2) is 0 Å². The number of piperidine rings is 1. The molecular formula is C16H31N3O2. The quantitative estimate of drug-likeness (QED) is 0.635. The fourth-order valence-electron chi connectivity index (χ4n) is 2.80. The second-order valence-corrected chi connectivity index (χ2v) is 5.75. The maximum absolute atomic E-state index is 11.8. The second kappa shape index (κ2) is 10.6. The summed E-state index contributed by atoms with van der Waals surface area (Å²) in [6, 6.07) is 0. The number of hydrogen-bond acceptors (Lipinski definition) is 3. The van der Waals surface area contributed by atoms with Crippen LogP contribution in [0.4, 0.5) is 0 Å². The van der Waals surface area contributed by atoms with Crippen molar-refractivity contribution in [2.75, 3.05) is 32.7 Å². The molecule has 0 aromatic heterocycles. The van der Waals surface area contributed by atoms with E-state index >= 15 is 0 Å². The summed E-state index contributed by atoms with van der Waals surface area (Å²) >= 11 is 0. The number of nitrogens with one attached hydrogen (secondary N) is 2. The maximum atomic E-state index is 11.8. The van der Waals surface area contributed by atoms with Crippen molar-refractivity contribution in [2.45, 2.75) is 52.4 Å². The summed E-state index contributed by atoms with van der Waals surface area (Å²) in [7, 11) is 0. The van der Waals surface area contributed by atoms with E-state index in [-0.39, 0.29) is 11.8 Å². The zero-order chi connectivity index (χ0) is 15.5. The summed E-state index contributed by atoms with van der Waals surface area (Å²) in [6.07, 6.45) is 5.24. The van der Waals surface area contributed by atoms with Gasteiger partial charge in [0, 0.05) is 32.5 Å². The molecule has 0 aliphatic carbocycles. The largest absolute Gasteiger partial charge is 0.356 e. The molecule has 5 heteroatoms. The molecule has 0 radical (unpaired) electrons. The number of amides is 2. The van der Waals surface area contributed by atoms with Crippen LogP contribution in [0.2, 0.25) is 0 Å². The molecule has 1 saturated heterocycles. The standard InChI is InChI=1S/C16H31N3O2/c1-3-19(4-2)16(21)6-5-11-18-15(20)8-7-14-9-12-17-13-10-14/h14,17H,3-13H2,1-2H3,(H,18,20). The van der Waals surface area contributed by atoms with E-state index in [4.69, 9.17) is 0 Å². The molecule has 21 heavy (non-hydrogen) atoms. The Morgan fingerprint density at radius 1 is 1.14 bits per heavy atom. The van der Waals surface area contributed by atoms with Crippen LogP contribution in [-0.2, 0) is 9.59 Å². The first kappa shape index (κ1) is 18.0. The van der Waals surface area contributed by atoms with E-state index in [2.05, 4.69) is 10.6 Å². The normalized spacial score (nSPS) is 15.7. The Hall–Kier alpha value is -1.10. The highest BCUT2D eigenvalue weighted by molar-refractivity contribution is 5.77. The second-order valence-electron chi connectivity index (χ2n) is 5.75. The van der Waals surface area contributed by atoms with Crippen molar-refractivity contribution in [3.8, 4) is 0 Å². The van der Waals surface area contributed by atoms with Gasteiger partial charge in [0.05, 0.1) is 0 Å². The molecule has 5 nitrogen and oxygen atoms in total. The fourth-order valence-corrected chi connectivity index (χ4v) is 2.80. The molecule has 0 spiro atoms. The molecule has 2 N–H and O–H groups in total. The van der Waals surface area contributed by atoms with Crippen molar-refractivity contribution in [3.05, 3.63) is 0 Å². The van der Waals surface area contributed by atoms with E-state index in [1.165, 1.54) is 12.8 Å². The molecule has 0 atom stereocenters. The fraction of sp³-hybridized carbons (Fsp3) is 0.875. The van der Waals surface area contributed by atoms with Crippen LogP contribution < -0.4 is 10.6 Å². The van der Waals surface area contributed by atoms with Crippen molar-refractivity contribution >= 4 is 11.8 Å². The molecule has 1 aliphatic heterocycles. The third kappa shape index (κ3) is 7.46. The minimum absolute atomic E-state index is 0.129. The van der Waals surface area contributed by atoms with E-state index in [9.17, 15) is 9.59 Å². The van der Waals surface area contributed by atoms with Crippen molar-refractivity contribution < 1.29 is 9.59 Å². The minimum Gasteiger partial charge on any atom is -0.356 e. The lowest BCUT2D eigenvalue weighted by molar-refractivity contribution is -0.131. The third-order valence-corrected chi connectivity index (χ3v) is 4.24. The Morgan fingerprint density at radius 2 is 1.81 bits per heavy atom. The molecule has 122 valence electrons. The first-order valence-corrected chi connectivity index (χ1v) is 8.42. The van der Waals surface area contributed by atoms with Crippen molar-refractivity contribution in [1.29, 1.82) is 0 Å². The molecule has 0 bridgehead atoms. The van der Waals surface area contributed by atoms with Gasteiger partial charge in [0.15, 0.2) is 0 Å². The molecule has 0 aromatic carbocycles. The van der Waals surface area contributed by atoms with Gasteiger partial charge in [0.2, 0.25) is 11.8 Å². The van der Waals surface area contributed by atoms with Crippen molar-refractivity contribution in [2.24, 2.45) is 5.92 Å². The van der Waals surface area contributed by atoms with Crippen LogP contribution in [-0.4, -0.2) is 49.4 Å². The summed E-state index contributed by atoms with van der Waals surface area (Å²) in [4.78, 5) is 25.4. The van der Waals surface area contributed by atoms with Gasteiger partial charge >= 0.3 is 0 Å². The molecular weight excluding hydrogens is 266 g/mol. The average Bonchev–Trinajstić information content (AvgIpc) is 2.52. The Kier molecular flexibility index (Phi) is 9.06. The van der Waals surface area contributed by atoms with Gasteiger partial charge in [-0.05, 0) is 58.5 Å². The van der Waals surface area contributed by atoms with Crippen molar-refractivity contribution in [1.82, 2.24) is 15.5 Å². The van der Waals surface area contributed by atoms with Gasteiger partial charge in [-0.2, -0.15) is 0 Å². The molecule has 1 fully saturated rings. The lowest BCUT2D eigenvalue weighted by atomic mass is 9.93. The minimum atomic E-state index is 0.129. The molecule has 1 heterocycles. The Morgan fingerprint density at radius 3 is 2.43 bits per heavy atom. The molecule has 2 amide bonds. The summed E-state index contributed by atoms with van der Waals surface area (Å²) in [5, 5.41) is 6.26. The number of carbonyl (C=O) groups is 2. The molecule has 0 unspecified atom stereocenters. The van der Waals surface area contributed by atoms with Crippen LogP contribution in [0.25, 0.3) is 0 Å². The van der Waals surface area contributed by atoms with E-state index in [0.717, 1.165) is 39.0 Å². The van der Waals surface area contributed by atoms with Crippen LogP contribution in [0.3, 0.4) is 0 Å². The van der Waals surface area contributed by atoms with E-state index in [1.54, 1.807) is 0 Å². The third-order valence-electron chi connectivity index (χ3n) is 4.24. The molecule has 0 saturated carbocycles. The maximum Gasteiger partial charge on any atom is 0.222 e. The first-order valence-electron chi connectivity index (χ1n) is 8.42. The zero-order valence-corrected chi connectivity index (χ0v) is 13.6. The average molecular weight is 297 g/mol. The molecule has 0 aromatic rings. The lowest BCUT2D eigenvalue weighted by Crippen LogP contribution is -2.32. The SMILES string of the molecule is CCN(CC)C(=O)CCCNC(=O)CCC1CCNCC1. The number of carbonyl (C=O) groups excluding carboxylic acids is 2. The Bertz CT molecular complexity index is 311. The molecule has 1 rings (SSSR count). The van der Waals surface area contributed by atoms with Crippen LogP contribution >= 0.6 is 0 Å². The predicted octanol–water partition coefficient (Wildman–Crippen LogP) is 1.53. The first-order chi connectivity index (χ1) is 10.2. The monoisotopic (exact) mass is 297 g/mol. The van der Waals surface area contributed by atoms with E-state index < -0.39 is 0 Å². The molecule has 1 aliphatic rings. The highest BCUT2D eigenvalue weighted by atomic mass is 16.2. The Balaban J connectivity index is 2.03. The van der Waals surface area contributed by atoms with Crippen LogP contribution in [0, 0.1) is 5.92 Å². The predicted molar refractivity (Wildman–Crippen MR) is 85.0 cm³/mol. The summed E-state index contributed by atoms with van der Waals surface area (Å²) < 4.78 is 0. The van der Waals surface area contributed by atoms with Gasteiger partial charge in [-0.15, -0.1) is 0 Å². The summed E-state index contributed by atoms with van der Waals surface area (Å²) in [6.45, 7) is 8.28. The summed E-state index contributed by atoms with van der Waals surface area (Å²) in [5.74, 6) is 1.01.